The summed E-state index contributed by atoms with van der Waals surface area (Å²) in [6, 6.07) is 9.52. The van der Waals surface area contributed by atoms with Gasteiger partial charge < -0.3 is 0 Å². The predicted octanol–water partition coefficient (Wildman–Crippen LogP) is 3.90. The fourth-order valence-electron chi connectivity index (χ4n) is 0.866. The Labute approximate surface area is 103 Å². The minimum atomic E-state index is -0.242. The van der Waals surface area contributed by atoms with E-state index >= 15 is 0 Å². The molecule has 0 fully saturated rings. The lowest BCUT2D eigenvalue weighted by Crippen LogP contribution is -2.09. The van der Waals surface area contributed by atoms with Crippen LogP contribution in [0.15, 0.2) is 24.3 Å². The van der Waals surface area contributed by atoms with Gasteiger partial charge >= 0.3 is 0 Å². The van der Waals surface area contributed by atoms with Crippen molar-refractivity contribution in [3.05, 3.63) is 35.4 Å². The van der Waals surface area contributed by atoms with Crippen LogP contribution in [-0.2, 0) is 3.23 Å². The Hall–Kier alpha value is 0.150. The first-order valence-corrected chi connectivity index (χ1v) is 6.25. The highest BCUT2D eigenvalue weighted by Gasteiger charge is 2.23. The van der Waals surface area contributed by atoms with Crippen LogP contribution in [0.5, 0.6) is 0 Å². The van der Waals surface area contributed by atoms with Gasteiger partial charge in [0, 0.05) is 5.33 Å². The molecular formula is C9H6Br3N. The van der Waals surface area contributed by atoms with Crippen molar-refractivity contribution in [2.75, 3.05) is 5.33 Å². The van der Waals surface area contributed by atoms with Gasteiger partial charge in [-0.3, -0.25) is 0 Å². The van der Waals surface area contributed by atoms with Gasteiger partial charge in [-0.15, -0.1) is 0 Å². The lowest BCUT2D eigenvalue weighted by Gasteiger charge is -2.17. The van der Waals surface area contributed by atoms with Crippen molar-refractivity contribution in [2.45, 2.75) is 3.23 Å². The molecule has 0 atom stereocenters. The molecule has 0 saturated carbocycles. The van der Waals surface area contributed by atoms with E-state index in [-0.39, 0.29) is 3.23 Å². The largest absolute Gasteiger partial charge is 0.192 e. The molecule has 13 heavy (non-hydrogen) atoms. The van der Waals surface area contributed by atoms with E-state index in [0.717, 1.165) is 10.9 Å². The zero-order chi connectivity index (χ0) is 9.90. The van der Waals surface area contributed by atoms with E-state index in [1.807, 2.05) is 12.1 Å². The molecule has 0 unspecified atom stereocenters. The average molecular weight is 368 g/mol. The molecule has 1 aromatic carbocycles. The standard InChI is InChI=1S/C9H6Br3N/c10-6-9(11,12)8-3-1-7(5-13)2-4-8/h1-4H,6H2. The molecule has 0 amide bonds. The Kier molecular flexibility index (Phi) is 3.96. The number of nitriles is 1. The number of benzene rings is 1. The van der Waals surface area contributed by atoms with Crippen LogP contribution in [0, 0.1) is 11.3 Å². The van der Waals surface area contributed by atoms with Crippen LogP contribution in [-0.4, -0.2) is 5.33 Å². The second-order valence-corrected chi connectivity index (χ2v) is 6.86. The Morgan fingerprint density at radius 2 is 1.77 bits per heavy atom. The first-order valence-electron chi connectivity index (χ1n) is 3.54. The molecule has 68 valence electrons. The Bertz CT molecular complexity index is 324. The number of hydrogen-bond acceptors (Lipinski definition) is 1. The fraction of sp³-hybridized carbons (Fsp3) is 0.222. The second kappa shape index (κ2) is 4.59. The van der Waals surface area contributed by atoms with Crippen LogP contribution < -0.4 is 0 Å². The summed E-state index contributed by atoms with van der Waals surface area (Å²) in [5, 5.41) is 9.36. The zero-order valence-electron chi connectivity index (χ0n) is 6.60. The highest BCUT2D eigenvalue weighted by atomic mass is 79.9. The van der Waals surface area contributed by atoms with Crippen molar-refractivity contribution in [1.29, 1.82) is 5.26 Å². The molecule has 0 heterocycles. The molecule has 0 spiro atoms. The number of rotatable bonds is 2. The monoisotopic (exact) mass is 365 g/mol. The Balaban J connectivity index is 3.00. The molecule has 0 aliphatic carbocycles. The molecule has 0 saturated heterocycles. The van der Waals surface area contributed by atoms with Crippen LogP contribution in [0.2, 0.25) is 0 Å². The Morgan fingerprint density at radius 3 is 2.15 bits per heavy atom. The summed E-state index contributed by atoms with van der Waals surface area (Å²) in [6.45, 7) is 0. The summed E-state index contributed by atoms with van der Waals surface area (Å²) in [4.78, 5) is 0. The summed E-state index contributed by atoms with van der Waals surface area (Å²) in [6.07, 6.45) is 0. The van der Waals surface area contributed by atoms with Crippen LogP contribution >= 0.6 is 47.8 Å². The van der Waals surface area contributed by atoms with Crippen LogP contribution in [0.3, 0.4) is 0 Å². The third-order valence-corrected chi connectivity index (χ3v) is 5.43. The van der Waals surface area contributed by atoms with Crippen molar-refractivity contribution in [3.8, 4) is 6.07 Å². The van der Waals surface area contributed by atoms with Gasteiger partial charge in [-0.05, 0) is 17.7 Å². The van der Waals surface area contributed by atoms with E-state index in [2.05, 4.69) is 53.9 Å². The minimum Gasteiger partial charge on any atom is -0.192 e. The molecule has 0 N–H and O–H groups in total. The van der Waals surface area contributed by atoms with E-state index in [0.29, 0.717) is 5.56 Å². The molecule has 0 radical (unpaired) electrons. The lowest BCUT2D eigenvalue weighted by atomic mass is 10.1. The number of hydrogen-bond donors (Lipinski definition) is 0. The molecule has 4 heteroatoms. The van der Waals surface area contributed by atoms with Gasteiger partial charge in [0.15, 0.2) is 0 Å². The van der Waals surface area contributed by atoms with E-state index in [4.69, 9.17) is 5.26 Å². The van der Waals surface area contributed by atoms with Gasteiger partial charge in [0.25, 0.3) is 0 Å². The zero-order valence-corrected chi connectivity index (χ0v) is 11.4. The van der Waals surface area contributed by atoms with Crippen molar-refractivity contribution >= 4 is 47.8 Å². The van der Waals surface area contributed by atoms with E-state index in [1.165, 1.54) is 0 Å². The first kappa shape index (κ1) is 11.2. The average Bonchev–Trinajstić information content (AvgIpc) is 2.18. The summed E-state index contributed by atoms with van der Waals surface area (Å²) >= 11 is 10.4. The second-order valence-electron chi connectivity index (χ2n) is 2.53. The molecule has 0 bridgehead atoms. The normalized spacial score (nSPS) is 10.9. The first-order chi connectivity index (χ1) is 6.10. The van der Waals surface area contributed by atoms with Gasteiger partial charge in [-0.2, -0.15) is 5.26 Å². The third-order valence-electron chi connectivity index (χ3n) is 1.60. The van der Waals surface area contributed by atoms with Gasteiger partial charge in [0.1, 0.15) is 3.23 Å². The highest BCUT2D eigenvalue weighted by molar-refractivity contribution is 9.25. The molecule has 0 aliphatic heterocycles. The highest BCUT2D eigenvalue weighted by Crippen LogP contribution is 2.39. The minimum absolute atomic E-state index is 0.242. The molecule has 0 aromatic heterocycles. The summed E-state index contributed by atoms with van der Waals surface area (Å²) < 4.78 is -0.242. The number of alkyl halides is 3. The SMILES string of the molecule is N#Cc1ccc(C(Br)(Br)CBr)cc1. The molecule has 1 rings (SSSR count). The maximum Gasteiger partial charge on any atom is 0.115 e. The van der Waals surface area contributed by atoms with Gasteiger partial charge in [-0.25, -0.2) is 0 Å². The predicted molar refractivity (Wildman–Crippen MR) is 64.5 cm³/mol. The van der Waals surface area contributed by atoms with Crippen molar-refractivity contribution < 1.29 is 0 Å². The van der Waals surface area contributed by atoms with E-state index in [1.54, 1.807) is 12.1 Å². The van der Waals surface area contributed by atoms with Crippen LogP contribution in [0.1, 0.15) is 11.1 Å². The molecule has 0 aliphatic rings. The smallest absolute Gasteiger partial charge is 0.115 e. The molecule has 1 nitrogen and oxygen atoms in total. The summed E-state index contributed by atoms with van der Waals surface area (Å²) in [5.74, 6) is 0. The number of nitrogens with zero attached hydrogens (tertiary/aromatic N) is 1. The quantitative estimate of drug-likeness (QED) is 0.727. The van der Waals surface area contributed by atoms with E-state index in [9.17, 15) is 0 Å². The van der Waals surface area contributed by atoms with Crippen LogP contribution in [0.25, 0.3) is 0 Å². The van der Waals surface area contributed by atoms with Gasteiger partial charge in [0.05, 0.1) is 11.6 Å². The van der Waals surface area contributed by atoms with Crippen molar-refractivity contribution in [3.63, 3.8) is 0 Å². The molecule has 1 aromatic rings. The van der Waals surface area contributed by atoms with Crippen LogP contribution in [0.4, 0.5) is 0 Å². The van der Waals surface area contributed by atoms with Gasteiger partial charge in [-0.1, -0.05) is 59.9 Å². The maximum absolute atomic E-state index is 8.61. The number of halogens is 3. The third kappa shape index (κ3) is 2.80. The maximum atomic E-state index is 8.61. The fourth-order valence-corrected chi connectivity index (χ4v) is 1.72. The van der Waals surface area contributed by atoms with Crippen molar-refractivity contribution in [2.24, 2.45) is 0 Å². The topological polar surface area (TPSA) is 23.8 Å². The van der Waals surface area contributed by atoms with Crippen molar-refractivity contribution in [1.82, 2.24) is 0 Å². The summed E-state index contributed by atoms with van der Waals surface area (Å²) in [7, 11) is 0. The Morgan fingerprint density at radius 1 is 1.23 bits per heavy atom. The summed E-state index contributed by atoms with van der Waals surface area (Å²) in [5.41, 5.74) is 1.76. The van der Waals surface area contributed by atoms with E-state index < -0.39 is 0 Å². The molecular weight excluding hydrogens is 362 g/mol. The van der Waals surface area contributed by atoms with Gasteiger partial charge in [0.2, 0.25) is 0 Å². The lowest BCUT2D eigenvalue weighted by molar-refractivity contribution is 1.09.